The molecule has 0 bridgehead atoms. The van der Waals surface area contributed by atoms with E-state index in [1.54, 1.807) is 24.3 Å². The van der Waals surface area contributed by atoms with Gasteiger partial charge in [-0.2, -0.15) is 4.98 Å². The number of amides is 1. The molecule has 0 aliphatic carbocycles. The maximum absolute atomic E-state index is 11.8. The van der Waals surface area contributed by atoms with Crippen LogP contribution in [0.25, 0.3) is 0 Å². The van der Waals surface area contributed by atoms with Gasteiger partial charge < -0.3 is 20.3 Å². The van der Waals surface area contributed by atoms with Crippen molar-refractivity contribution in [3.63, 3.8) is 0 Å². The molecule has 1 aliphatic rings. The number of ether oxygens (including phenoxy) is 1. The molecule has 144 valence electrons. The number of aryl methyl sites for hydroxylation is 1. The van der Waals surface area contributed by atoms with Crippen molar-refractivity contribution in [1.82, 2.24) is 15.3 Å². The van der Waals surface area contributed by atoms with Crippen LogP contribution < -0.4 is 20.3 Å². The lowest BCUT2D eigenvalue weighted by Gasteiger charge is -2.17. The summed E-state index contributed by atoms with van der Waals surface area (Å²) in [5.41, 5.74) is 0.926. The fourth-order valence-electron chi connectivity index (χ4n) is 2.85. The number of halogens is 1. The summed E-state index contributed by atoms with van der Waals surface area (Å²) in [6, 6.07) is 8.90. The summed E-state index contributed by atoms with van der Waals surface area (Å²) < 4.78 is 5.41. The molecule has 0 radical (unpaired) electrons. The number of benzene rings is 1. The van der Waals surface area contributed by atoms with E-state index in [2.05, 4.69) is 25.5 Å². The first-order chi connectivity index (χ1) is 13.1. The number of anilines is 2. The second-order valence-electron chi connectivity index (χ2n) is 6.40. The zero-order valence-electron chi connectivity index (χ0n) is 15.4. The Bertz CT molecular complexity index is 763. The van der Waals surface area contributed by atoms with E-state index in [0.717, 1.165) is 24.6 Å². The van der Waals surface area contributed by atoms with Crippen LogP contribution >= 0.6 is 11.6 Å². The molecule has 2 aromatic rings. The van der Waals surface area contributed by atoms with Crippen molar-refractivity contribution in [3.05, 3.63) is 41.0 Å². The van der Waals surface area contributed by atoms with Gasteiger partial charge in [0, 0.05) is 43.0 Å². The highest BCUT2D eigenvalue weighted by Crippen LogP contribution is 2.19. The van der Waals surface area contributed by atoms with E-state index in [9.17, 15) is 4.79 Å². The van der Waals surface area contributed by atoms with E-state index in [0.29, 0.717) is 29.8 Å². The van der Waals surface area contributed by atoms with Gasteiger partial charge in [-0.1, -0.05) is 11.6 Å². The number of rotatable bonds is 8. The first-order valence-electron chi connectivity index (χ1n) is 9.10. The van der Waals surface area contributed by atoms with Crippen LogP contribution in [0.4, 0.5) is 11.8 Å². The minimum Gasteiger partial charge on any atom is -0.484 e. The van der Waals surface area contributed by atoms with Crippen LogP contribution in [0, 0.1) is 6.92 Å². The van der Waals surface area contributed by atoms with Crippen LogP contribution in [0.15, 0.2) is 30.3 Å². The lowest BCUT2D eigenvalue weighted by molar-refractivity contribution is -0.123. The zero-order valence-corrected chi connectivity index (χ0v) is 16.1. The molecule has 0 saturated carbocycles. The second-order valence-corrected chi connectivity index (χ2v) is 6.84. The van der Waals surface area contributed by atoms with Crippen LogP contribution in [0.3, 0.4) is 0 Å². The van der Waals surface area contributed by atoms with Gasteiger partial charge >= 0.3 is 0 Å². The normalized spacial score (nSPS) is 13.5. The monoisotopic (exact) mass is 389 g/mol. The van der Waals surface area contributed by atoms with Gasteiger partial charge in [0.25, 0.3) is 5.91 Å². The molecule has 1 saturated heterocycles. The molecule has 1 aromatic heterocycles. The Hall–Kier alpha value is -2.54. The first-order valence-corrected chi connectivity index (χ1v) is 9.47. The van der Waals surface area contributed by atoms with Crippen molar-refractivity contribution in [2.45, 2.75) is 19.8 Å². The molecule has 1 amide bonds. The van der Waals surface area contributed by atoms with Crippen LogP contribution in [-0.4, -0.2) is 48.7 Å². The zero-order chi connectivity index (χ0) is 19.1. The highest BCUT2D eigenvalue weighted by atomic mass is 35.5. The van der Waals surface area contributed by atoms with Crippen molar-refractivity contribution >= 4 is 29.3 Å². The van der Waals surface area contributed by atoms with Gasteiger partial charge in [0.2, 0.25) is 5.95 Å². The molecular formula is C19H24ClN5O2. The minimum absolute atomic E-state index is 0.0400. The fraction of sp³-hybridized carbons (Fsp3) is 0.421. The summed E-state index contributed by atoms with van der Waals surface area (Å²) in [7, 11) is 0. The lowest BCUT2D eigenvalue weighted by Crippen LogP contribution is -2.33. The van der Waals surface area contributed by atoms with Crippen molar-refractivity contribution in [1.29, 1.82) is 0 Å². The summed E-state index contributed by atoms with van der Waals surface area (Å²) in [6.45, 7) is 5.00. The standard InChI is InChI=1S/C19H24ClN5O2/c1-14-12-17(25-10-2-3-11-25)24-19(23-14)22-9-8-21-18(26)13-27-16-6-4-15(20)5-7-16/h4-7,12H,2-3,8-11,13H2,1H3,(H,21,26)(H,22,23,24). The quantitative estimate of drug-likeness (QED) is 0.676. The maximum atomic E-state index is 11.8. The van der Waals surface area contributed by atoms with Crippen LogP contribution in [0.5, 0.6) is 5.75 Å². The Morgan fingerprint density at radius 3 is 2.67 bits per heavy atom. The summed E-state index contributed by atoms with van der Waals surface area (Å²) in [5, 5.41) is 6.59. The van der Waals surface area contributed by atoms with Crippen molar-refractivity contribution < 1.29 is 9.53 Å². The summed E-state index contributed by atoms with van der Waals surface area (Å²) >= 11 is 5.81. The molecule has 7 nitrogen and oxygen atoms in total. The van der Waals surface area contributed by atoms with E-state index in [-0.39, 0.29) is 12.5 Å². The average molecular weight is 390 g/mol. The summed E-state index contributed by atoms with van der Waals surface area (Å²) in [6.07, 6.45) is 2.41. The first kappa shape index (κ1) is 19.2. The Labute approximate surface area is 164 Å². The predicted molar refractivity (Wildman–Crippen MR) is 107 cm³/mol. The number of nitrogens with zero attached hydrogens (tertiary/aromatic N) is 3. The van der Waals surface area contributed by atoms with Crippen LogP contribution in [-0.2, 0) is 4.79 Å². The smallest absolute Gasteiger partial charge is 0.258 e. The topological polar surface area (TPSA) is 79.4 Å². The number of carbonyl (C=O) groups is 1. The van der Waals surface area contributed by atoms with E-state index in [1.165, 1.54) is 12.8 Å². The molecule has 2 N–H and O–H groups in total. The van der Waals surface area contributed by atoms with Crippen molar-refractivity contribution in [2.24, 2.45) is 0 Å². The van der Waals surface area contributed by atoms with Gasteiger partial charge in [0.15, 0.2) is 6.61 Å². The third kappa shape index (κ3) is 5.99. The number of aromatic nitrogens is 2. The molecule has 0 spiro atoms. The van der Waals surface area contributed by atoms with E-state index >= 15 is 0 Å². The maximum Gasteiger partial charge on any atom is 0.258 e. The third-order valence-corrected chi connectivity index (χ3v) is 4.44. The number of carbonyl (C=O) groups excluding carboxylic acids is 1. The fourth-order valence-corrected chi connectivity index (χ4v) is 2.97. The Kier molecular flexibility index (Phi) is 6.70. The van der Waals surface area contributed by atoms with Crippen molar-refractivity contribution in [3.8, 4) is 5.75 Å². The molecule has 2 heterocycles. The third-order valence-electron chi connectivity index (χ3n) is 4.18. The number of nitrogens with one attached hydrogen (secondary N) is 2. The highest BCUT2D eigenvalue weighted by Gasteiger charge is 2.15. The van der Waals surface area contributed by atoms with E-state index in [1.807, 2.05) is 13.0 Å². The number of hydrogen-bond donors (Lipinski definition) is 2. The summed E-state index contributed by atoms with van der Waals surface area (Å²) in [5.74, 6) is 1.97. The predicted octanol–water partition coefficient (Wildman–Crippen LogP) is 2.65. The average Bonchev–Trinajstić information content (AvgIpc) is 3.19. The Balaban J connectivity index is 1.39. The molecular weight excluding hydrogens is 366 g/mol. The molecule has 0 atom stereocenters. The number of hydrogen-bond acceptors (Lipinski definition) is 6. The van der Waals surface area contributed by atoms with Gasteiger partial charge in [-0.15, -0.1) is 0 Å². The Morgan fingerprint density at radius 1 is 1.19 bits per heavy atom. The van der Waals surface area contributed by atoms with Gasteiger partial charge in [-0.25, -0.2) is 4.98 Å². The second kappa shape index (κ2) is 9.41. The van der Waals surface area contributed by atoms with E-state index < -0.39 is 0 Å². The van der Waals surface area contributed by atoms with Gasteiger partial charge in [0.05, 0.1) is 0 Å². The Morgan fingerprint density at radius 2 is 1.93 bits per heavy atom. The molecule has 27 heavy (non-hydrogen) atoms. The lowest BCUT2D eigenvalue weighted by atomic mass is 10.3. The van der Waals surface area contributed by atoms with Gasteiger partial charge in [-0.3, -0.25) is 4.79 Å². The SMILES string of the molecule is Cc1cc(N2CCCC2)nc(NCCNC(=O)COc2ccc(Cl)cc2)n1. The molecule has 1 aromatic carbocycles. The molecule has 1 aliphatic heterocycles. The molecule has 1 fully saturated rings. The van der Waals surface area contributed by atoms with Crippen LogP contribution in [0.1, 0.15) is 18.5 Å². The highest BCUT2D eigenvalue weighted by molar-refractivity contribution is 6.30. The largest absolute Gasteiger partial charge is 0.484 e. The van der Waals surface area contributed by atoms with Crippen molar-refractivity contribution in [2.75, 3.05) is 43.0 Å². The molecule has 8 heteroatoms. The van der Waals surface area contributed by atoms with Gasteiger partial charge in [0.1, 0.15) is 11.6 Å². The summed E-state index contributed by atoms with van der Waals surface area (Å²) in [4.78, 5) is 23.1. The molecule has 0 unspecified atom stereocenters. The van der Waals surface area contributed by atoms with E-state index in [4.69, 9.17) is 16.3 Å². The minimum atomic E-state index is -0.185. The van der Waals surface area contributed by atoms with Crippen LogP contribution in [0.2, 0.25) is 5.02 Å². The van der Waals surface area contributed by atoms with Gasteiger partial charge in [-0.05, 0) is 44.0 Å². The molecule has 3 rings (SSSR count).